The Balaban J connectivity index is 1.32. The number of hydrogen-bond donors (Lipinski definition) is 1. The van der Waals surface area contributed by atoms with Crippen molar-refractivity contribution < 1.29 is 14.3 Å². The van der Waals surface area contributed by atoms with Gasteiger partial charge in [-0.25, -0.2) is 0 Å². The van der Waals surface area contributed by atoms with Gasteiger partial charge in [0.05, 0.1) is 12.8 Å². The van der Waals surface area contributed by atoms with Crippen molar-refractivity contribution >= 4 is 17.2 Å². The summed E-state index contributed by atoms with van der Waals surface area (Å²) in [6, 6.07) is 21.9. The third-order valence-electron chi connectivity index (χ3n) is 5.07. The molecule has 0 aliphatic carbocycles. The van der Waals surface area contributed by atoms with Gasteiger partial charge in [-0.2, -0.15) is 9.61 Å². The minimum Gasteiger partial charge on any atom is -0.497 e. The average Bonchev–Trinajstić information content (AvgIpc) is 3.32. The summed E-state index contributed by atoms with van der Waals surface area (Å²) < 4.78 is 12.4. The van der Waals surface area contributed by atoms with E-state index >= 15 is 0 Å². The molecule has 0 radical (unpaired) electrons. The Morgan fingerprint density at radius 1 is 0.912 bits per heavy atom. The molecule has 0 unspecified atom stereocenters. The van der Waals surface area contributed by atoms with Crippen molar-refractivity contribution in [3.63, 3.8) is 0 Å². The molecule has 0 atom stereocenters. The van der Waals surface area contributed by atoms with E-state index in [4.69, 9.17) is 14.6 Å². The molecule has 0 spiro atoms. The minimum atomic E-state index is -0.268. The van der Waals surface area contributed by atoms with Crippen molar-refractivity contribution in [2.24, 2.45) is 0 Å². The lowest BCUT2D eigenvalue weighted by Gasteiger charge is -2.09. The van der Waals surface area contributed by atoms with E-state index in [1.807, 2.05) is 48.5 Å². The monoisotopic (exact) mass is 452 g/mol. The fraction of sp³-hybridized carbons (Fsp3) is 0.0800. The van der Waals surface area contributed by atoms with Crippen molar-refractivity contribution in [2.45, 2.75) is 0 Å². The van der Waals surface area contributed by atoms with Crippen LogP contribution in [0.5, 0.6) is 11.5 Å². The highest BCUT2D eigenvalue weighted by Crippen LogP contribution is 2.23. The van der Waals surface area contributed by atoms with Crippen molar-refractivity contribution in [1.29, 1.82) is 0 Å². The Kier molecular flexibility index (Phi) is 5.81. The summed E-state index contributed by atoms with van der Waals surface area (Å²) in [7, 11) is 1.59. The number of nitrogens with one attached hydrogen (secondary N) is 1. The molecule has 3 aromatic heterocycles. The second-order valence-electron chi connectivity index (χ2n) is 7.34. The Labute approximate surface area is 195 Å². The highest BCUT2D eigenvalue weighted by atomic mass is 16.5. The predicted molar refractivity (Wildman–Crippen MR) is 127 cm³/mol. The molecular weight excluding hydrogens is 432 g/mol. The first-order chi connectivity index (χ1) is 16.7. The van der Waals surface area contributed by atoms with Gasteiger partial charge < -0.3 is 14.8 Å². The van der Waals surface area contributed by atoms with E-state index in [1.165, 1.54) is 0 Å². The van der Waals surface area contributed by atoms with Gasteiger partial charge in [-0.15, -0.1) is 10.2 Å². The van der Waals surface area contributed by atoms with Gasteiger partial charge in [0.25, 0.3) is 5.91 Å². The molecule has 0 aliphatic heterocycles. The maximum absolute atomic E-state index is 12.4. The van der Waals surface area contributed by atoms with Gasteiger partial charge in [0.2, 0.25) is 0 Å². The number of anilines is 1. The lowest BCUT2D eigenvalue weighted by atomic mass is 10.1. The Bertz CT molecular complexity index is 1430. The number of aromatic nitrogens is 5. The fourth-order valence-corrected chi connectivity index (χ4v) is 3.40. The third-order valence-corrected chi connectivity index (χ3v) is 5.07. The van der Waals surface area contributed by atoms with E-state index < -0.39 is 0 Å². The van der Waals surface area contributed by atoms with Crippen LogP contribution in [0, 0.1) is 0 Å². The normalized spacial score (nSPS) is 10.7. The Morgan fingerprint density at radius 2 is 1.71 bits per heavy atom. The van der Waals surface area contributed by atoms with Crippen LogP contribution in [0.2, 0.25) is 0 Å². The molecule has 1 N–H and O–H groups in total. The van der Waals surface area contributed by atoms with Crippen molar-refractivity contribution in [3.05, 3.63) is 85.2 Å². The van der Waals surface area contributed by atoms with Gasteiger partial charge >= 0.3 is 0 Å². The summed E-state index contributed by atoms with van der Waals surface area (Å²) in [4.78, 5) is 16.4. The first-order valence-corrected chi connectivity index (χ1v) is 10.5. The quantitative estimate of drug-likeness (QED) is 0.400. The minimum absolute atomic E-state index is 0.114. The molecule has 3 heterocycles. The largest absolute Gasteiger partial charge is 0.497 e. The molecule has 0 bridgehead atoms. The van der Waals surface area contributed by atoms with Gasteiger partial charge in [0.15, 0.2) is 18.1 Å². The number of rotatable bonds is 7. The summed E-state index contributed by atoms with van der Waals surface area (Å²) in [6.45, 7) is -0.114. The molecule has 2 aromatic carbocycles. The molecule has 1 amide bonds. The van der Waals surface area contributed by atoms with Crippen LogP contribution in [0.3, 0.4) is 0 Å². The number of methoxy groups -OCH3 is 1. The van der Waals surface area contributed by atoms with Crippen molar-refractivity contribution in [3.8, 4) is 34.1 Å². The van der Waals surface area contributed by atoms with Crippen LogP contribution in [0.25, 0.3) is 28.3 Å². The van der Waals surface area contributed by atoms with Crippen LogP contribution < -0.4 is 14.8 Å². The highest BCUT2D eigenvalue weighted by molar-refractivity contribution is 5.92. The van der Waals surface area contributed by atoms with Crippen LogP contribution in [-0.2, 0) is 4.79 Å². The van der Waals surface area contributed by atoms with Gasteiger partial charge in [0, 0.05) is 29.2 Å². The van der Waals surface area contributed by atoms with E-state index in [1.54, 1.807) is 48.3 Å². The second kappa shape index (κ2) is 9.37. The van der Waals surface area contributed by atoms with Crippen LogP contribution in [0.15, 0.2) is 85.2 Å². The summed E-state index contributed by atoms with van der Waals surface area (Å²) >= 11 is 0. The lowest BCUT2D eigenvalue weighted by molar-refractivity contribution is -0.118. The molecule has 5 aromatic rings. The van der Waals surface area contributed by atoms with E-state index in [0.29, 0.717) is 28.6 Å². The zero-order valence-corrected chi connectivity index (χ0v) is 18.3. The third kappa shape index (κ3) is 4.53. The number of carbonyl (C=O) groups excluding carboxylic acids is 1. The van der Waals surface area contributed by atoms with Crippen molar-refractivity contribution in [2.75, 3.05) is 19.0 Å². The topological polar surface area (TPSA) is 104 Å². The summed E-state index contributed by atoms with van der Waals surface area (Å²) in [5.74, 6) is 1.66. The number of hydrogen-bond acceptors (Lipinski definition) is 7. The first-order valence-electron chi connectivity index (χ1n) is 10.5. The van der Waals surface area contributed by atoms with E-state index in [2.05, 4.69) is 20.5 Å². The van der Waals surface area contributed by atoms with Crippen LogP contribution in [0.4, 0.5) is 5.69 Å². The van der Waals surface area contributed by atoms with Crippen molar-refractivity contribution in [1.82, 2.24) is 24.8 Å². The standard InChI is InChI=1S/C25H20N6O3/c1-33-20-5-7-21(8-6-20)34-16-24(32)27-19-4-2-3-18(15-19)22-9-10-23-28-29-25(31(23)30-22)17-11-13-26-14-12-17/h2-15H,16H2,1H3,(H,27,32). The second-order valence-corrected chi connectivity index (χ2v) is 7.34. The number of fused-ring (bicyclic) bond motifs is 1. The van der Waals surface area contributed by atoms with E-state index in [-0.39, 0.29) is 12.5 Å². The zero-order chi connectivity index (χ0) is 23.3. The molecule has 0 saturated heterocycles. The van der Waals surface area contributed by atoms with Crippen LogP contribution in [0.1, 0.15) is 0 Å². The van der Waals surface area contributed by atoms with Crippen LogP contribution >= 0.6 is 0 Å². The lowest BCUT2D eigenvalue weighted by Crippen LogP contribution is -2.20. The molecule has 0 fully saturated rings. The molecule has 5 rings (SSSR count). The zero-order valence-electron chi connectivity index (χ0n) is 18.3. The molecular formula is C25H20N6O3. The van der Waals surface area contributed by atoms with Gasteiger partial charge in [-0.05, 0) is 60.7 Å². The Hall–Kier alpha value is -4.79. The summed E-state index contributed by atoms with van der Waals surface area (Å²) in [6.07, 6.45) is 3.40. The number of pyridine rings is 1. The first kappa shape index (κ1) is 21.1. The molecule has 9 heteroatoms. The maximum Gasteiger partial charge on any atom is 0.262 e. The van der Waals surface area contributed by atoms with E-state index in [0.717, 1.165) is 16.9 Å². The average molecular weight is 452 g/mol. The predicted octanol–water partition coefficient (Wildman–Crippen LogP) is 3.88. The van der Waals surface area contributed by atoms with Gasteiger partial charge in [-0.3, -0.25) is 9.78 Å². The van der Waals surface area contributed by atoms with Crippen LogP contribution in [-0.4, -0.2) is 44.4 Å². The summed E-state index contributed by atoms with van der Waals surface area (Å²) in [5, 5.41) is 16.0. The molecule has 34 heavy (non-hydrogen) atoms. The number of carbonyl (C=O) groups is 1. The molecule has 0 saturated carbocycles. The highest BCUT2D eigenvalue weighted by Gasteiger charge is 2.11. The number of benzene rings is 2. The van der Waals surface area contributed by atoms with E-state index in [9.17, 15) is 4.79 Å². The SMILES string of the molecule is COc1ccc(OCC(=O)Nc2cccc(-c3ccc4nnc(-c5ccncc5)n4n3)c2)cc1. The van der Waals surface area contributed by atoms with Gasteiger partial charge in [0.1, 0.15) is 11.5 Å². The number of amides is 1. The molecule has 0 aliphatic rings. The maximum atomic E-state index is 12.4. The Morgan fingerprint density at radius 3 is 2.50 bits per heavy atom. The number of ether oxygens (including phenoxy) is 2. The fourth-order valence-electron chi connectivity index (χ4n) is 3.40. The molecule has 168 valence electrons. The summed E-state index contributed by atoms with van der Waals surface area (Å²) in [5.41, 5.74) is 3.69. The smallest absolute Gasteiger partial charge is 0.262 e. The molecule has 9 nitrogen and oxygen atoms in total. The number of nitrogens with zero attached hydrogens (tertiary/aromatic N) is 5. The van der Waals surface area contributed by atoms with Gasteiger partial charge in [-0.1, -0.05) is 12.1 Å².